The van der Waals surface area contributed by atoms with E-state index in [1.54, 1.807) is 35.4 Å². The number of hydrogen-bond acceptors (Lipinski definition) is 4. The van der Waals surface area contributed by atoms with Gasteiger partial charge in [-0.1, -0.05) is 37.1 Å². The molecule has 2 aromatic carbocycles. The number of aromatic amines is 1. The third-order valence-corrected chi connectivity index (χ3v) is 6.97. The summed E-state index contributed by atoms with van der Waals surface area (Å²) < 4.78 is 39.5. The summed E-state index contributed by atoms with van der Waals surface area (Å²) >= 11 is 6.26. The summed E-state index contributed by atoms with van der Waals surface area (Å²) in [5.41, 5.74) is 1.66. The molecule has 188 valence electrons. The van der Waals surface area contributed by atoms with E-state index in [1.165, 1.54) is 12.1 Å². The lowest BCUT2D eigenvalue weighted by Crippen LogP contribution is -2.47. The number of nitrogens with one attached hydrogen (secondary N) is 1. The number of unbranched alkanes of at least 4 members (excludes halogenated alkanes) is 1. The summed E-state index contributed by atoms with van der Waals surface area (Å²) in [4.78, 5) is 14.1. The first kappa shape index (κ1) is 25.4. The van der Waals surface area contributed by atoms with E-state index >= 15 is 0 Å². The van der Waals surface area contributed by atoms with E-state index in [4.69, 9.17) is 21.1 Å². The molecule has 1 N–H and O–H groups in total. The maximum atomic E-state index is 14.2. The highest BCUT2D eigenvalue weighted by atomic mass is 35.5. The minimum absolute atomic E-state index is 0.202. The standard InChI is InChI=1S/C26H30ClF2N3O3/c1-2-3-12-34-25(33)32-10-8-26(9-11-32,19-4-6-21(29)7-5-19)17-35-23(15-28)22-14-20(27)13-18-16-30-31-24(18)22/h4-7,13-14,16,23H,2-3,8-12,15,17H2,1H3,(H,30,31). The molecule has 0 aliphatic carbocycles. The molecule has 9 heteroatoms. The first-order valence-corrected chi connectivity index (χ1v) is 12.3. The van der Waals surface area contributed by atoms with E-state index in [-0.39, 0.29) is 18.5 Å². The number of carbonyl (C=O) groups is 1. The molecule has 4 rings (SSSR count). The fourth-order valence-electron chi connectivity index (χ4n) is 4.61. The van der Waals surface area contributed by atoms with Crippen LogP contribution in [0.2, 0.25) is 5.02 Å². The van der Waals surface area contributed by atoms with Gasteiger partial charge in [0.25, 0.3) is 0 Å². The Kier molecular flexibility index (Phi) is 8.23. The summed E-state index contributed by atoms with van der Waals surface area (Å²) in [5.74, 6) is -0.330. The Labute approximate surface area is 208 Å². The van der Waals surface area contributed by atoms with Crippen LogP contribution in [0.3, 0.4) is 0 Å². The van der Waals surface area contributed by atoms with E-state index in [0.717, 1.165) is 23.8 Å². The molecule has 1 amide bonds. The lowest BCUT2D eigenvalue weighted by molar-refractivity contribution is -0.0144. The van der Waals surface area contributed by atoms with Gasteiger partial charge in [-0.25, -0.2) is 13.6 Å². The van der Waals surface area contributed by atoms with E-state index in [1.807, 2.05) is 6.92 Å². The molecule has 1 atom stereocenters. The van der Waals surface area contributed by atoms with Crippen LogP contribution in [0.1, 0.15) is 49.8 Å². The van der Waals surface area contributed by atoms with Crippen LogP contribution >= 0.6 is 11.6 Å². The molecular weight excluding hydrogens is 476 g/mol. The number of fused-ring (bicyclic) bond motifs is 1. The molecule has 35 heavy (non-hydrogen) atoms. The molecule has 1 aliphatic heterocycles. The number of carbonyl (C=O) groups excluding carboxylic acids is 1. The molecule has 1 saturated heterocycles. The molecule has 0 radical (unpaired) electrons. The zero-order valence-electron chi connectivity index (χ0n) is 19.7. The van der Waals surface area contributed by atoms with Crippen molar-refractivity contribution in [3.05, 3.63) is 64.6 Å². The topological polar surface area (TPSA) is 67.4 Å². The third kappa shape index (κ3) is 5.76. The van der Waals surface area contributed by atoms with Crippen molar-refractivity contribution >= 4 is 28.6 Å². The zero-order valence-corrected chi connectivity index (χ0v) is 20.5. The molecule has 0 bridgehead atoms. The summed E-state index contributed by atoms with van der Waals surface area (Å²) in [5, 5.41) is 8.19. The fourth-order valence-corrected chi connectivity index (χ4v) is 4.85. The van der Waals surface area contributed by atoms with E-state index in [0.29, 0.717) is 48.6 Å². The predicted molar refractivity (Wildman–Crippen MR) is 131 cm³/mol. The summed E-state index contributed by atoms with van der Waals surface area (Å²) in [6.45, 7) is 2.83. The van der Waals surface area contributed by atoms with Gasteiger partial charge in [-0.2, -0.15) is 5.10 Å². The molecule has 1 unspecified atom stereocenters. The number of ether oxygens (including phenoxy) is 2. The van der Waals surface area contributed by atoms with Crippen molar-refractivity contribution in [2.45, 2.75) is 44.1 Å². The van der Waals surface area contributed by atoms with Gasteiger partial charge in [0, 0.05) is 34.5 Å². The smallest absolute Gasteiger partial charge is 0.409 e. The highest BCUT2D eigenvalue weighted by Crippen LogP contribution is 2.38. The maximum Gasteiger partial charge on any atom is 0.409 e. The molecule has 6 nitrogen and oxygen atoms in total. The number of likely N-dealkylation sites (tertiary alicyclic amines) is 1. The minimum Gasteiger partial charge on any atom is -0.449 e. The first-order valence-electron chi connectivity index (χ1n) is 11.9. The van der Waals surface area contributed by atoms with Gasteiger partial charge in [-0.15, -0.1) is 0 Å². The third-order valence-electron chi connectivity index (χ3n) is 6.75. The Morgan fingerprint density at radius 1 is 1.26 bits per heavy atom. The second kappa shape index (κ2) is 11.4. The van der Waals surface area contributed by atoms with Crippen LogP contribution in [0.15, 0.2) is 42.6 Å². The van der Waals surface area contributed by atoms with Crippen LogP contribution in [-0.4, -0.2) is 54.2 Å². The molecule has 2 heterocycles. The molecule has 0 spiro atoms. The number of hydrogen-bond donors (Lipinski definition) is 1. The number of rotatable bonds is 9. The number of aromatic nitrogens is 2. The molecular formula is C26H30ClF2N3O3. The van der Waals surface area contributed by atoms with E-state index < -0.39 is 18.2 Å². The van der Waals surface area contributed by atoms with Crippen LogP contribution in [0, 0.1) is 5.82 Å². The van der Waals surface area contributed by atoms with Crippen molar-refractivity contribution in [1.29, 1.82) is 0 Å². The number of benzene rings is 2. The summed E-state index contributed by atoms with van der Waals surface area (Å²) in [6, 6.07) is 9.76. The summed E-state index contributed by atoms with van der Waals surface area (Å²) in [6.07, 6.45) is 3.39. The molecule has 1 fully saturated rings. The van der Waals surface area contributed by atoms with Crippen molar-refractivity contribution in [2.24, 2.45) is 0 Å². The molecule has 3 aromatic rings. The monoisotopic (exact) mass is 505 g/mol. The van der Waals surface area contributed by atoms with Gasteiger partial charge in [0.05, 0.1) is 24.9 Å². The lowest BCUT2D eigenvalue weighted by Gasteiger charge is -2.42. The maximum absolute atomic E-state index is 14.2. The van der Waals surface area contributed by atoms with Gasteiger partial charge in [0.1, 0.15) is 18.6 Å². The van der Waals surface area contributed by atoms with Gasteiger partial charge < -0.3 is 14.4 Å². The quantitative estimate of drug-likeness (QED) is 0.344. The van der Waals surface area contributed by atoms with Crippen molar-refractivity contribution in [2.75, 3.05) is 33.0 Å². The van der Waals surface area contributed by atoms with Crippen molar-refractivity contribution in [3.63, 3.8) is 0 Å². The number of halogens is 3. The van der Waals surface area contributed by atoms with Gasteiger partial charge >= 0.3 is 6.09 Å². The Balaban J connectivity index is 1.53. The SMILES string of the molecule is CCCCOC(=O)N1CCC(COC(CF)c2cc(Cl)cc3cn[nH]c23)(c2ccc(F)cc2)CC1. The average molecular weight is 506 g/mol. The Bertz CT molecular complexity index is 1130. The predicted octanol–water partition coefficient (Wildman–Crippen LogP) is 6.35. The summed E-state index contributed by atoms with van der Waals surface area (Å²) in [7, 11) is 0. The van der Waals surface area contributed by atoms with Crippen molar-refractivity contribution < 1.29 is 23.0 Å². The number of nitrogens with zero attached hydrogens (tertiary/aromatic N) is 2. The van der Waals surface area contributed by atoms with Gasteiger partial charge in [-0.3, -0.25) is 5.10 Å². The lowest BCUT2D eigenvalue weighted by atomic mass is 9.73. The highest BCUT2D eigenvalue weighted by Gasteiger charge is 2.39. The van der Waals surface area contributed by atoms with Gasteiger partial charge in [0.15, 0.2) is 0 Å². The van der Waals surface area contributed by atoms with Crippen LogP contribution in [0.4, 0.5) is 13.6 Å². The first-order chi connectivity index (χ1) is 17.0. The number of alkyl halides is 1. The van der Waals surface area contributed by atoms with Crippen LogP contribution in [-0.2, 0) is 14.9 Å². The second-order valence-electron chi connectivity index (χ2n) is 9.03. The highest BCUT2D eigenvalue weighted by molar-refractivity contribution is 6.31. The minimum atomic E-state index is -0.856. The molecule has 0 saturated carbocycles. The van der Waals surface area contributed by atoms with Crippen LogP contribution < -0.4 is 0 Å². The number of H-pyrrole nitrogens is 1. The number of amides is 1. The Morgan fingerprint density at radius 2 is 2.00 bits per heavy atom. The fraction of sp³-hybridized carbons (Fsp3) is 0.462. The van der Waals surface area contributed by atoms with E-state index in [9.17, 15) is 13.6 Å². The molecule has 1 aromatic heterocycles. The average Bonchev–Trinajstić information content (AvgIpc) is 3.33. The van der Waals surface area contributed by atoms with Crippen LogP contribution in [0.5, 0.6) is 0 Å². The normalized spacial score (nSPS) is 16.4. The van der Waals surface area contributed by atoms with E-state index in [2.05, 4.69) is 10.2 Å². The second-order valence-corrected chi connectivity index (χ2v) is 9.46. The van der Waals surface area contributed by atoms with Crippen molar-refractivity contribution in [1.82, 2.24) is 15.1 Å². The molecule has 1 aliphatic rings. The zero-order chi connectivity index (χ0) is 24.8. The number of piperidine rings is 1. The van der Waals surface area contributed by atoms with Crippen LogP contribution in [0.25, 0.3) is 10.9 Å². The van der Waals surface area contributed by atoms with Gasteiger partial charge in [0.2, 0.25) is 0 Å². The largest absolute Gasteiger partial charge is 0.449 e. The van der Waals surface area contributed by atoms with Gasteiger partial charge in [-0.05, 0) is 49.1 Å². The Hall–Kier alpha value is -2.71. The van der Waals surface area contributed by atoms with Crippen molar-refractivity contribution in [3.8, 4) is 0 Å². The Morgan fingerprint density at radius 3 is 2.69 bits per heavy atom.